The molecule has 2 rings (SSSR count). The Morgan fingerprint density at radius 2 is 2.21 bits per heavy atom. The summed E-state index contributed by atoms with van der Waals surface area (Å²) in [5.74, 6) is -0.376. The minimum absolute atomic E-state index is 0.334. The first-order valence-electron chi connectivity index (χ1n) is 6.15. The number of hydrogen-bond donors (Lipinski definition) is 1. The zero-order valence-corrected chi connectivity index (χ0v) is 11.7. The zero-order valence-electron chi connectivity index (χ0n) is 10.9. The standard InChI is InChI=1S/C14H16ClFN2O/c1-3-13-11(8-18(2)17-13)14(19)6-9-4-5-10(16)7-12(9)15/h4-5,7-8,14,19H,3,6H2,1-2H3. The number of hydrogen-bond acceptors (Lipinski definition) is 2. The van der Waals surface area contributed by atoms with Crippen molar-refractivity contribution in [2.75, 3.05) is 0 Å². The van der Waals surface area contributed by atoms with Gasteiger partial charge in [0, 0.05) is 30.3 Å². The predicted molar refractivity (Wildman–Crippen MR) is 72.7 cm³/mol. The van der Waals surface area contributed by atoms with Gasteiger partial charge in [-0.2, -0.15) is 5.10 Å². The normalized spacial score (nSPS) is 12.7. The van der Waals surface area contributed by atoms with E-state index < -0.39 is 6.10 Å². The predicted octanol–water partition coefficient (Wildman–Crippen LogP) is 3.05. The molecule has 0 bridgehead atoms. The van der Waals surface area contributed by atoms with Crippen molar-refractivity contribution < 1.29 is 9.50 Å². The van der Waals surface area contributed by atoms with Crippen LogP contribution < -0.4 is 0 Å². The van der Waals surface area contributed by atoms with E-state index in [9.17, 15) is 9.50 Å². The smallest absolute Gasteiger partial charge is 0.124 e. The Bertz CT molecular complexity index is 583. The molecule has 19 heavy (non-hydrogen) atoms. The molecule has 0 aliphatic carbocycles. The van der Waals surface area contributed by atoms with Crippen LogP contribution in [0.2, 0.25) is 5.02 Å². The Morgan fingerprint density at radius 1 is 1.47 bits per heavy atom. The molecule has 0 fully saturated rings. The summed E-state index contributed by atoms with van der Waals surface area (Å²) in [6.45, 7) is 1.99. The molecule has 3 nitrogen and oxygen atoms in total. The number of rotatable bonds is 4. The summed E-state index contributed by atoms with van der Waals surface area (Å²) < 4.78 is 14.7. The van der Waals surface area contributed by atoms with Gasteiger partial charge in [0.1, 0.15) is 5.82 Å². The third-order valence-corrected chi connectivity index (χ3v) is 3.41. The number of aliphatic hydroxyl groups excluding tert-OH is 1. The molecule has 1 aromatic carbocycles. The second kappa shape index (κ2) is 5.72. The van der Waals surface area contributed by atoms with E-state index in [1.807, 2.05) is 14.0 Å². The van der Waals surface area contributed by atoms with Crippen LogP contribution in [0.1, 0.15) is 29.8 Å². The maximum absolute atomic E-state index is 13.0. The molecule has 0 radical (unpaired) electrons. The van der Waals surface area contributed by atoms with E-state index in [2.05, 4.69) is 5.10 Å². The van der Waals surface area contributed by atoms with Crippen LogP contribution in [0, 0.1) is 5.82 Å². The maximum atomic E-state index is 13.0. The number of halogens is 2. The van der Waals surface area contributed by atoms with Gasteiger partial charge in [0.25, 0.3) is 0 Å². The lowest BCUT2D eigenvalue weighted by atomic mass is 10.0. The van der Waals surface area contributed by atoms with Crippen LogP contribution in [-0.4, -0.2) is 14.9 Å². The van der Waals surface area contributed by atoms with E-state index in [-0.39, 0.29) is 5.82 Å². The third-order valence-electron chi connectivity index (χ3n) is 3.06. The molecule has 1 heterocycles. The van der Waals surface area contributed by atoms with Crippen molar-refractivity contribution in [3.8, 4) is 0 Å². The van der Waals surface area contributed by atoms with Crippen molar-refractivity contribution >= 4 is 11.6 Å². The number of nitrogens with zero attached hydrogens (tertiary/aromatic N) is 2. The molecule has 0 saturated heterocycles. The fourth-order valence-corrected chi connectivity index (χ4v) is 2.36. The highest BCUT2D eigenvalue weighted by Crippen LogP contribution is 2.26. The number of aromatic nitrogens is 2. The van der Waals surface area contributed by atoms with Gasteiger partial charge in [0.15, 0.2) is 0 Å². The average Bonchev–Trinajstić information content (AvgIpc) is 2.74. The highest BCUT2D eigenvalue weighted by molar-refractivity contribution is 6.31. The van der Waals surface area contributed by atoms with Gasteiger partial charge in [-0.15, -0.1) is 0 Å². The summed E-state index contributed by atoms with van der Waals surface area (Å²) >= 11 is 5.97. The molecule has 5 heteroatoms. The SMILES string of the molecule is CCc1nn(C)cc1C(O)Cc1ccc(F)cc1Cl. The van der Waals surface area contributed by atoms with Crippen molar-refractivity contribution in [2.45, 2.75) is 25.9 Å². The first-order valence-corrected chi connectivity index (χ1v) is 6.53. The summed E-state index contributed by atoms with van der Waals surface area (Å²) in [6, 6.07) is 4.20. The molecular weight excluding hydrogens is 267 g/mol. The molecule has 1 N–H and O–H groups in total. The topological polar surface area (TPSA) is 38.0 Å². The summed E-state index contributed by atoms with van der Waals surface area (Å²) in [6.07, 6.45) is 2.22. The second-order valence-electron chi connectivity index (χ2n) is 4.51. The molecule has 0 saturated carbocycles. The van der Waals surface area contributed by atoms with E-state index in [0.717, 1.165) is 23.2 Å². The van der Waals surface area contributed by atoms with Gasteiger partial charge in [-0.1, -0.05) is 24.6 Å². The van der Waals surface area contributed by atoms with Gasteiger partial charge in [-0.3, -0.25) is 4.68 Å². The van der Waals surface area contributed by atoms with Gasteiger partial charge in [-0.05, 0) is 24.1 Å². The molecular formula is C14H16ClFN2O. The molecule has 1 atom stereocenters. The molecule has 0 aliphatic rings. The Labute approximate surface area is 116 Å². The van der Waals surface area contributed by atoms with E-state index in [0.29, 0.717) is 11.4 Å². The average molecular weight is 283 g/mol. The summed E-state index contributed by atoms with van der Waals surface area (Å²) in [4.78, 5) is 0. The van der Waals surface area contributed by atoms with Crippen LogP contribution in [-0.2, 0) is 19.9 Å². The first kappa shape index (κ1) is 14.0. The minimum atomic E-state index is -0.688. The van der Waals surface area contributed by atoms with Crippen molar-refractivity contribution in [1.29, 1.82) is 0 Å². The van der Waals surface area contributed by atoms with E-state index in [1.54, 1.807) is 16.9 Å². The van der Waals surface area contributed by atoms with E-state index in [4.69, 9.17) is 11.6 Å². The van der Waals surface area contributed by atoms with Crippen LogP contribution >= 0.6 is 11.6 Å². The number of benzene rings is 1. The van der Waals surface area contributed by atoms with Crippen molar-refractivity contribution in [2.24, 2.45) is 7.05 Å². The van der Waals surface area contributed by atoms with Crippen molar-refractivity contribution in [3.63, 3.8) is 0 Å². The van der Waals surface area contributed by atoms with Crippen LogP contribution in [0.5, 0.6) is 0 Å². The Kier molecular flexibility index (Phi) is 4.22. The Hall–Kier alpha value is -1.39. The van der Waals surface area contributed by atoms with Gasteiger partial charge in [0.05, 0.1) is 11.8 Å². The van der Waals surface area contributed by atoms with Gasteiger partial charge >= 0.3 is 0 Å². The molecule has 2 aromatic rings. The van der Waals surface area contributed by atoms with Crippen molar-refractivity contribution in [3.05, 3.63) is 52.1 Å². The molecule has 1 aromatic heterocycles. The van der Waals surface area contributed by atoms with E-state index in [1.165, 1.54) is 12.1 Å². The lowest BCUT2D eigenvalue weighted by molar-refractivity contribution is 0.177. The molecule has 1 unspecified atom stereocenters. The molecule has 102 valence electrons. The van der Waals surface area contributed by atoms with Crippen LogP contribution in [0.4, 0.5) is 4.39 Å². The van der Waals surface area contributed by atoms with Crippen molar-refractivity contribution in [1.82, 2.24) is 9.78 Å². The summed E-state index contributed by atoms with van der Waals surface area (Å²) in [5.41, 5.74) is 2.39. The lowest BCUT2D eigenvalue weighted by Gasteiger charge is -2.11. The fourth-order valence-electron chi connectivity index (χ4n) is 2.11. The number of aliphatic hydroxyl groups is 1. The first-order chi connectivity index (χ1) is 9.01. The third kappa shape index (κ3) is 3.14. The Morgan fingerprint density at radius 3 is 2.84 bits per heavy atom. The molecule has 0 amide bonds. The molecule has 0 aliphatic heterocycles. The summed E-state index contributed by atoms with van der Waals surface area (Å²) in [7, 11) is 1.82. The maximum Gasteiger partial charge on any atom is 0.124 e. The van der Waals surface area contributed by atoms with Crippen LogP contribution in [0.15, 0.2) is 24.4 Å². The van der Waals surface area contributed by atoms with Gasteiger partial charge in [-0.25, -0.2) is 4.39 Å². The minimum Gasteiger partial charge on any atom is -0.388 e. The largest absolute Gasteiger partial charge is 0.388 e. The van der Waals surface area contributed by atoms with Crippen LogP contribution in [0.3, 0.4) is 0 Å². The summed E-state index contributed by atoms with van der Waals surface area (Å²) in [5, 5.41) is 14.9. The zero-order chi connectivity index (χ0) is 14.0. The highest BCUT2D eigenvalue weighted by Gasteiger charge is 2.17. The second-order valence-corrected chi connectivity index (χ2v) is 4.92. The van der Waals surface area contributed by atoms with Crippen LogP contribution in [0.25, 0.3) is 0 Å². The quantitative estimate of drug-likeness (QED) is 0.936. The highest BCUT2D eigenvalue weighted by atomic mass is 35.5. The fraction of sp³-hybridized carbons (Fsp3) is 0.357. The van der Waals surface area contributed by atoms with Gasteiger partial charge in [0.2, 0.25) is 0 Å². The lowest BCUT2D eigenvalue weighted by Crippen LogP contribution is -2.04. The molecule has 0 spiro atoms. The monoisotopic (exact) mass is 282 g/mol. The number of aryl methyl sites for hydroxylation is 2. The van der Waals surface area contributed by atoms with E-state index >= 15 is 0 Å². The van der Waals surface area contributed by atoms with Gasteiger partial charge < -0.3 is 5.11 Å². The Balaban J connectivity index is 2.22.